The van der Waals surface area contributed by atoms with Gasteiger partial charge in [0.05, 0.1) is 13.2 Å². The first-order chi connectivity index (χ1) is 19.1. The lowest BCUT2D eigenvalue weighted by Gasteiger charge is -2.11. The van der Waals surface area contributed by atoms with Gasteiger partial charge in [0.25, 0.3) is 0 Å². The standard InChI is InChI=1S/C32H27NO6/c1-20-10-31(38-27-8-4-21-12-25(6-2-23(21)14-27)34-16-29-18-36-29)33-32(11-20)39-28-9-5-22-13-26(7-3-24(22)15-28)35-17-30-19-37-30/h2-15,29-30H,16-19H2,1H3. The highest BCUT2D eigenvalue weighted by Gasteiger charge is 2.23. The molecule has 7 nitrogen and oxygen atoms in total. The van der Waals surface area contributed by atoms with Crippen LogP contribution in [0.15, 0.2) is 84.9 Å². The molecule has 2 atom stereocenters. The van der Waals surface area contributed by atoms with Gasteiger partial charge in [-0.05, 0) is 82.6 Å². The minimum Gasteiger partial charge on any atom is -0.491 e. The van der Waals surface area contributed by atoms with E-state index in [0.29, 0.717) is 36.5 Å². The van der Waals surface area contributed by atoms with Crippen molar-refractivity contribution >= 4 is 21.5 Å². The molecule has 196 valence electrons. The molecule has 0 aliphatic carbocycles. The zero-order valence-electron chi connectivity index (χ0n) is 21.5. The number of aryl methyl sites for hydroxylation is 1. The van der Waals surface area contributed by atoms with Gasteiger partial charge in [-0.3, -0.25) is 0 Å². The topological polar surface area (TPSA) is 74.9 Å². The van der Waals surface area contributed by atoms with Gasteiger partial charge >= 0.3 is 0 Å². The first-order valence-corrected chi connectivity index (χ1v) is 13.0. The second kappa shape index (κ2) is 10.1. The average Bonchev–Trinajstić information content (AvgIpc) is 3.86. The zero-order chi connectivity index (χ0) is 26.2. The maximum absolute atomic E-state index is 6.13. The maximum Gasteiger partial charge on any atom is 0.222 e. The number of fused-ring (bicyclic) bond motifs is 2. The number of benzene rings is 4. The average molecular weight is 522 g/mol. The van der Waals surface area contributed by atoms with Crippen LogP contribution < -0.4 is 18.9 Å². The van der Waals surface area contributed by atoms with Gasteiger partial charge in [0.1, 0.15) is 48.4 Å². The van der Waals surface area contributed by atoms with E-state index in [1.807, 2.05) is 91.9 Å². The van der Waals surface area contributed by atoms with Crippen LogP contribution in [0.2, 0.25) is 0 Å². The molecule has 7 rings (SSSR count). The molecule has 2 aliphatic heterocycles. The molecule has 0 amide bonds. The van der Waals surface area contributed by atoms with Crippen molar-refractivity contribution in [3.05, 3.63) is 90.5 Å². The molecule has 4 aromatic carbocycles. The number of epoxide rings is 2. The SMILES string of the molecule is Cc1cc(Oc2ccc3cc(OCC4CO4)ccc3c2)nc(Oc2ccc3cc(OCC4CO4)ccc3c2)c1. The lowest BCUT2D eigenvalue weighted by atomic mass is 10.1. The Hall–Kier alpha value is -4.33. The van der Waals surface area contributed by atoms with Crippen molar-refractivity contribution in [2.45, 2.75) is 19.1 Å². The minimum absolute atomic E-state index is 0.231. The van der Waals surface area contributed by atoms with E-state index in [9.17, 15) is 0 Å². The molecule has 1 aromatic heterocycles. The lowest BCUT2D eigenvalue weighted by molar-refractivity contribution is 0.263. The Kier molecular flexibility index (Phi) is 6.15. The van der Waals surface area contributed by atoms with Gasteiger partial charge in [-0.15, -0.1) is 0 Å². The molecule has 0 N–H and O–H groups in total. The van der Waals surface area contributed by atoms with Crippen LogP contribution in [0.3, 0.4) is 0 Å². The van der Waals surface area contributed by atoms with Crippen LogP contribution in [0, 0.1) is 6.92 Å². The van der Waals surface area contributed by atoms with E-state index < -0.39 is 0 Å². The summed E-state index contributed by atoms with van der Waals surface area (Å²) < 4.78 is 34.3. The van der Waals surface area contributed by atoms with Crippen molar-refractivity contribution in [3.63, 3.8) is 0 Å². The number of rotatable bonds is 10. The van der Waals surface area contributed by atoms with Gasteiger partial charge in [0.15, 0.2) is 0 Å². The number of hydrogen-bond donors (Lipinski definition) is 0. The largest absolute Gasteiger partial charge is 0.491 e. The lowest BCUT2D eigenvalue weighted by Crippen LogP contribution is -2.03. The summed E-state index contributed by atoms with van der Waals surface area (Å²) >= 11 is 0. The summed E-state index contributed by atoms with van der Waals surface area (Å²) in [5, 5.41) is 4.25. The number of aromatic nitrogens is 1. The fraction of sp³-hybridized carbons (Fsp3) is 0.219. The van der Waals surface area contributed by atoms with Crippen LogP contribution in [0.4, 0.5) is 0 Å². The highest BCUT2D eigenvalue weighted by molar-refractivity contribution is 5.86. The van der Waals surface area contributed by atoms with Gasteiger partial charge in [-0.1, -0.05) is 24.3 Å². The van der Waals surface area contributed by atoms with E-state index in [1.165, 1.54) is 0 Å². The summed E-state index contributed by atoms with van der Waals surface area (Å²) in [6, 6.07) is 27.7. The fourth-order valence-corrected chi connectivity index (χ4v) is 4.37. The third kappa shape index (κ3) is 5.90. The van der Waals surface area contributed by atoms with E-state index in [0.717, 1.165) is 51.8 Å². The summed E-state index contributed by atoms with van der Waals surface area (Å²) in [6.45, 7) is 4.72. The molecule has 3 heterocycles. The molecule has 0 bridgehead atoms. The number of nitrogens with zero attached hydrogens (tertiary/aromatic N) is 1. The van der Waals surface area contributed by atoms with Gasteiger partial charge in [0, 0.05) is 12.1 Å². The van der Waals surface area contributed by atoms with Crippen LogP contribution in [0.25, 0.3) is 21.5 Å². The molecule has 0 spiro atoms. The van der Waals surface area contributed by atoms with Crippen LogP contribution in [0.5, 0.6) is 34.8 Å². The molecule has 0 saturated carbocycles. The summed E-state index contributed by atoms with van der Waals surface area (Å²) in [5.74, 6) is 4.00. The van der Waals surface area contributed by atoms with Crippen LogP contribution in [0.1, 0.15) is 5.56 Å². The molecule has 0 radical (unpaired) electrons. The summed E-state index contributed by atoms with van der Waals surface area (Å²) in [4.78, 5) is 4.60. The highest BCUT2D eigenvalue weighted by Crippen LogP contribution is 2.32. The zero-order valence-corrected chi connectivity index (χ0v) is 21.5. The third-order valence-corrected chi connectivity index (χ3v) is 6.61. The second-order valence-corrected chi connectivity index (χ2v) is 9.90. The summed E-state index contributed by atoms with van der Waals surface area (Å²) in [6.07, 6.45) is 0.462. The van der Waals surface area contributed by atoms with E-state index in [2.05, 4.69) is 4.98 Å². The Bertz CT molecular complexity index is 1540. The Morgan fingerprint density at radius 1 is 0.590 bits per heavy atom. The summed E-state index contributed by atoms with van der Waals surface area (Å²) in [7, 11) is 0. The number of ether oxygens (including phenoxy) is 6. The van der Waals surface area contributed by atoms with E-state index in [-0.39, 0.29) is 12.2 Å². The molecule has 7 heteroatoms. The van der Waals surface area contributed by atoms with Gasteiger partial charge in [-0.2, -0.15) is 4.98 Å². The van der Waals surface area contributed by atoms with Crippen LogP contribution in [-0.2, 0) is 9.47 Å². The van der Waals surface area contributed by atoms with Crippen LogP contribution >= 0.6 is 0 Å². The van der Waals surface area contributed by atoms with Gasteiger partial charge in [-0.25, -0.2) is 0 Å². The monoisotopic (exact) mass is 521 g/mol. The molecule has 2 fully saturated rings. The van der Waals surface area contributed by atoms with Crippen molar-refractivity contribution in [1.82, 2.24) is 4.98 Å². The first kappa shape index (κ1) is 23.8. The van der Waals surface area contributed by atoms with Gasteiger partial charge in [0.2, 0.25) is 11.8 Å². The van der Waals surface area contributed by atoms with E-state index in [4.69, 9.17) is 28.4 Å². The molecule has 39 heavy (non-hydrogen) atoms. The van der Waals surface area contributed by atoms with Crippen molar-refractivity contribution in [3.8, 4) is 34.8 Å². The highest BCUT2D eigenvalue weighted by atomic mass is 16.6. The molecule has 5 aromatic rings. The Labute approximate surface area is 225 Å². The van der Waals surface area contributed by atoms with Crippen molar-refractivity contribution in [2.75, 3.05) is 26.4 Å². The smallest absolute Gasteiger partial charge is 0.222 e. The Morgan fingerprint density at radius 3 is 1.38 bits per heavy atom. The number of pyridine rings is 1. The fourth-order valence-electron chi connectivity index (χ4n) is 4.37. The molecular formula is C32H27NO6. The predicted molar refractivity (Wildman–Crippen MR) is 147 cm³/mol. The van der Waals surface area contributed by atoms with Gasteiger partial charge < -0.3 is 28.4 Å². The predicted octanol–water partition coefficient (Wildman–Crippen LogP) is 6.84. The molecular weight excluding hydrogens is 494 g/mol. The molecule has 2 aliphatic rings. The third-order valence-electron chi connectivity index (χ3n) is 6.61. The molecule has 2 unspecified atom stereocenters. The molecule has 2 saturated heterocycles. The maximum atomic E-state index is 6.13. The van der Waals surface area contributed by atoms with E-state index >= 15 is 0 Å². The van der Waals surface area contributed by atoms with Crippen molar-refractivity contribution < 1.29 is 28.4 Å². The van der Waals surface area contributed by atoms with Crippen molar-refractivity contribution in [2.24, 2.45) is 0 Å². The quantitative estimate of drug-likeness (QED) is 0.186. The van der Waals surface area contributed by atoms with Crippen molar-refractivity contribution in [1.29, 1.82) is 0 Å². The van der Waals surface area contributed by atoms with E-state index in [1.54, 1.807) is 0 Å². The Balaban J connectivity index is 1.05. The number of hydrogen-bond acceptors (Lipinski definition) is 7. The minimum atomic E-state index is 0.231. The second-order valence-electron chi connectivity index (χ2n) is 9.90. The Morgan fingerprint density at radius 2 is 0.974 bits per heavy atom. The summed E-state index contributed by atoms with van der Waals surface area (Å²) in [5.41, 5.74) is 0.986. The normalized spacial score (nSPS) is 17.7. The first-order valence-electron chi connectivity index (χ1n) is 13.0. The van der Waals surface area contributed by atoms with Crippen LogP contribution in [-0.4, -0.2) is 43.6 Å².